The van der Waals surface area contributed by atoms with Gasteiger partial charge >= 0.3 is 0 Å². The van der Waals surface area contributed by atoms with Crippen molar-refractivity contribution in [1.82, 2.24) is 9.80 Å². The minimum absolute atomic E-state index is 0.858. The molecule has 0 aromatic heterocycles. The molecule has 1 heterocycles. The fraction of sp³-hybridized carbons (Fsp3) is 0.909. The lowest BCUT2D eigenvalue weighted by Crippen LogP contribution is -2.37. The summed E-state index contributed by atoms with van der Waals surface area (Å²) >= 11 is 0. The van der Waals surface area contributed by atoms with Crippen molar-refractivity contribution in [1.29, 1.82) is 0 Å². The zero-order valence-electron chi connectivity index (χ0n) is 9.41. The van der Waals surface area contributed by atoms with Gasteiger partial charge in [0.2, 0.25) is 0 Å². The number of hydrogen-bond donors (Lipinski definition) is 0. The highest BCUT2D eigenvalue weighted by atomic mass is 15.2. The van der Waals surface area contributed by atoms with Crippen LogP contribution in [0, 0.1) is 0 Å². The summed E-state index contributed by atoms with van der Waals surface area (Å²) < 4.78 is 0. The Bertz CT molecular complexity index is 153. The minimum atomic E-state index is 0.858. The van der Waals surface area contributed by atoms with Gasteiger partial charge in [-0.05, 0) is 39.7 Å². The molecule has 0 aromatic carbocycles. The maximum Gasteiger partial charge on any atom is 0.0509 e. The Morgan fingerprint density at radius 1 is 1.21 bits per heavy atom. The van der Waals surface area contributed by atoms with Crippen molar-refractivity contribution in [3.8, 4) is 0 Å². The summed E-state index contributed by atoms with van der Waals surface area (Å²) in [6.07, 6.45) is 4.20. The Balaban J connectivity index is 2.03. The third kappa shape index (κ3) is 4.72. The van der Waals surface area contributed by atoms with Crippen LogP contribution < -0.4 is 0 Å². The summed E-state index contributed by atoms with van der Waals surface area (Å²) in [6.45, 7) is 10.4. The molecule has 0 aromatic rings. The zero-order valence-corrected chi connectivity index (χ0v) is 9.41. The topological polar surface area (TPSA) is 18.8 Å². The Morgan fingerprint density at radius 2 is 1.93 bits per heavy atom. The molecule has 1 fully saturated rings. The number of likely N-dealkylation sites (tertiary alicyclic amines) is 1. The highest BCUT2D eigenvalue weighted by Crippen LogP contribution is 2.07. The van der Waals surface area contributed by atoms with Crippen molar-refractivity contribution in [2.75, 3.05) is 46.3 Å². The lowest BCUT2D eigenvalue weighted by Gasteiger charge is -2.28. The van der Waals surface area contributed by atoms with Crippen molar-refractivity contribution in [2.45, 2.75) is 19.3 Å². The molecule has 0 unspecified atom stereocenters. The van der Waals surface area contributed by atoms with Crippen molar-refractivity contribution in [2.24, 2.45) is 4.99 Å². The summed E-state index contributed by atoms with van der Waals surface area (Å²) in [5, 5.41) is 0. The zero-order chi connectivity index (χ0) is 10.2. The van der Waals surface area contributed by atoms with E-state index in [-0.39, 0.29) is 0 Å². The van der Waals surface area contributed by atoms with E-state index in [1.54, 1.807) is 0 Å². The molecule has 1 rings (SSSR count). The van der Waals surface area contributed by atoms with Crippen LogP contribution in [-0.4, -0.2) is 62.8 Å². The highest BCUT2D eigenvalue weighted by Gasteiger charge is 2.09. The van der Waals surface area contributed by atoms with E-state index in [0.29, 0.717) is 0 Å². The van der Waals surface area contributed by atoms with E-state index in [1.165, 1.54) is 38.9 Å². The predicted octanol–water partition coefficient (Wildman–Crippen LogP) is 1.10. The number of aliphatic imine (C=N–C) groups is 1. The first-order valence-electron chi connectivity index (χ1n) is 5.66. The van der Waals surface area contributed by atoms with Crippen LogP contribution in [0.1, 0.15) is 19.3 Å². The van der Waals surface area contributed by atoms with Gasteiger partial charge in [0.15, 0.2) is 0 Å². The van der Waals surface area contributed by atoms with Crippen LogP contribution in [-0.2, 0) is 0 Å². The first-order chi connectivity index (χ1) is 6.83. The molecule has 1 saturated heterocycles. The molecule has 3 heteroatoms. The summed E-state index contributed by atoms with van der Waals surface area (Å²) in [4.78, 5) is 8.77. The molecule has 0 bridgehead atoms. The quantitative estimate of drug-likeness (QED) is 0.594. The summed E-state index contributed by atoms with van der Waals surface area (Å²) in [5.74, 6) is 0. The van der Waals surface area contributed by atoms with Gasteiger partial charge in [0.25, 0.3) is 0 Å². The summed E-state index contributed by atoms with van der Waals surface area (Å²) in [6, 6.07) is 0. The van der Waals surface area contributed by atoms with E-state index >= 15 is 0 Å². The Hall–Kier alpha value is -0.410. The fourth-order valence-corrected chi connectivity index (χ4v) is 1.85. The molecule has 0 aliphatic carbocycles. The van der Waals surface area contributed by atoms with Gasteiger partial charge in [0, 0.05) is 19.6 Å². The Labute approximate surface area is 87.8 Å². The first kappa shape index (κ1) is 11.7. The number of nitrogens with zero attached hydrogens (tertiary/aromatic N) is 3. The van der Waals surface area contributed by atoms with Gasteiger partial charge in [0.05, 0.1) is 6.54 Å². The molecule has 1 aliphatic heterocycles. The van der Waals surface area contributed by atoms with E-state index in [4.69, 9.17) is 0 Å². The van der Waals surface area contributed by atoms with Crippen molar-refractivity contribution >= 4 is 6.72 Å². The molecule has 1 aliphatic rings. The molecule has 0 spiro atoms. The van der Waals surface area contributed by atoms with Crippen LogP contribution >= 0.6 is 0 Å². The molecule has 82 valence electrons. The van der Waals surface area contributed by atoms with Crippen LogP contribution in [0.3, 0.4) is 0 Å². The third-order valence-electron chi connectivity index (χ3n) is 2.89. The monoisotopic (exact) mass is 197 g/mol. The minimum Gasteiger partial charge on any atom is -0.303 e. The van der Waals surface area contributed by atoms with E-state index in [0.717, 1.165) is 19.6 Å². The Morgan fingerprint density at radius 3 is 2.57 bits per heavy atom. The van der Waals surface area contributed by atoms with E-state index in [1.807, 2.05) is 0 Å². The van der Waals surface area contributed by atoms with Gasteiger partial charge in [-0.3, -0.25) is 4.99 Å². The molecule has 0 radical (unpaired) electrons. The lowest BCUT2D eigenvalue weighted by atomic mass is 10.1. The van der Waals surface area contributed by atoms with Crippen LogP contribution in [0.5, 0.6) is 0 Å². The van der Waals surface area contributed by atoms with E-state index < -0.39 is 0 Å². The first-order valence-corrected chi connectivity index (χ1v) is 5.66. The molecule has 0 atom stereocenters. The van der Waals surface area contributed by atoms with Gasteiger partial charge in [-0.2, -0.15) is 0 Å². The van der Waals surface area contributed by atoms with Gasteiger partial charge in [-0.1, -0.05) is 6.42 Å². The lowest BCUT2D eigenvalue weighted by molar-refractivity contribution is 0.198. The average Bonchev–Trinajstić information content (AvgIpc) is 2.25. The van der Waals surface area contributed by atoms with Crippen LogP contribution in [0.2, 0.25) is 0 Å². The van der Waals surface area contributed by atoms with Crippen molar-refractivity contribution in [3.63, 3.8) is 0 Å². The van der Waals surface area contributed by atoms with E-state index in [2.05, 4.69) is 28.6 Å². The summed E-state index contributed by atoms with van der Waals surface area (Å²) in [7, 11) is 2.16. The second-order valence-electron chi connectivity index (χ2n) is 4.15. The molecule has 0 amide bonds. The van der Waals surface area contributed by atoms with Gasteiger partial charge in [-0.15, -0.1) is 0 Å². The number of hydrogen-bond acceptors (Lipinski definition) is 3. The second kappa shape index (κ2) is 6.96. The fourth-order valence-electron chi connectivity index (χ4n) is 1.85. The maximum absolute atomic E-state index is 3.87. The Kier molecular flexibility index (Phi) is 5.80. The van der Waals surface area contributed by atoms with Crippen LogP contribution in [0.4, 0.5) is 0 Å². The normalized spacial score (nSPS) is 18.7. The van der Waals surface area contributed by atoms with Crippen molar-refractivity contribution < 1.29 is 0 Å². The predicted molar refractivity (Wildman–Crippen MR) is 62.2 cm³/mol. The standard InChI is InChI=1S/C11H23N3/c1-12-6-9-13(2)10-11-14-7-4-3-5-8-14/h1,3-11H2,2H3. The van der Waals surface area contributed by atoms with Gasteiger partial charge in [-0.25, -0.2) is 0 Å². The third-order valence-corrected chi connectivity index (χ3v) is 2.89. The molecule has 0 N–H and O–H groups in total. The molecule has 14 heavy (non-hydrogen) atoms. The molecular formula is C11H23N3. The average molecular weight is 197 g/mol. The maximum atomic E-state index is 3.87. The SMILES string of the molecule is C=NCCN(C)CCN1CCCCC1. The second-order valence-corrected chi connectivity index (χ2v) is 4.15. The number of piperidine rings is 1. The smallest absolute Gasteiger partial charge is 0.0509 e. The molecule has 0 saturated carbocycles. The van der Waals surface area contributed by atoms with Gasteiger partial charge < -0.3 is 9.80 Å². The number of likely N-dealkylation sites (N-methyl/N-ethyl adjacent to an activating group) is 1. The van der Waals surface area contributed by atoms with Crippen LogP contribution in [0.15, 0.2) is 4.99 Å². The largest absolute Gasteiger partial charge is 0.303 e. The highest BCUT2D eigenvalue weighted by molar-refractivity contribution is 5.23. The van der Waals surface area contributed by atoms with E-state index in [9.17, 15) is 0 Å². The van der Waals surface area contributed by atoms with Crippen molar-refractivity contribution in [3.05, 3.63) is 0 Å². The summed E-state index contributed by atoms with van der Waals surface area (Å²) in [5.41, 5.74) is 0. The van der Waals surface area contributed by atoms with Gasteiger partial charge in [0.1, 0.15) is 0 Å². The number of rotatable bonds is 6. The van der Waals surface area contributed by atoms with Crippen LogP contribution in [0.25, 0.3) is 0 Å². The molecular weight excluding hydrogens is 174 g/mol. The molecule has 3 nitrogen and oxygen atoms in total.